The second-order valence-electron chi connectivity index (χ2n) is 14.8. The fourth-order valence-corrected chi connectivity index (χ4v) is 7.99. The van der Waals surface area contributed by atoms with E-state index in [1.54, 1.807) is 0 Å². The van der Waals surface area contributed by atoms with Gasteiger partial charge in [-0.2, -0.15) is 0 Å². The van der Waals surface area contributed by atoms with Gasteiger partial charge in [0.05, 0.1) is 0 Å². The molecule has 0 fully saturated rings. The van der Waals surface area contributed by atoms with E-state index in [0.717, 1.165) is 57.0 Å². The molecule has 2 aromatic heterocycles. The molecule has 0 atom stereocenters. The van der Waals surface area contributed by atoms with Gasteiger partial charge in [0, 0.05) is 27.5 Å². The van der Waals surface area contributed by atoms with Crippen LogP contribution in [0, 0.1) is 6.92 Å². The van der Waals surface area contributed by atoms with Crippen LogP contribution in [-0.4, -0.2) is 15.0 Å². The van der Waals surface area contributed by atoms with Gasteiger partial charge >= 0.3 is 0 Å². The lowest BCUT2D eigenvalue weighted by atomic mass is 9.90. The Morgan fingerprint density at radius 2 is 0.914 bits per heavy atom. The Kier molecular flexibility index (Phi) is 9.21. The topological polar surface area (TPSA) is 51.8 Å². The summed E-state index contributed by atoms with van der Waals surface area (Å²) >= 11 is 0. The molecule has 0 unspecified atom stereocenters. The summed E-state index contributed by atoms with van der Waals surface area (Å²) in [5, 5.41) is 2.29. The van der Waals surface area contributed by atoms with Gasteiger partial charge < -0.3 is 4.42 Å². The highest BCUT2D eigenvalue weighted by Crippen LogP contribution is 2.36. The number of benzene rings is 8. The van der Waals surface area contributed by atoms with Crippen LogP contribution in [0.4, 0.5) is 0 Å². The summed E-state index contributed by atoms with van der Waals surface area (Å²) < 4.78 is 6.09. The van der Waals surface area contributed by atoms with Crippen LogP contribution in [0.3, 0.4) is 0 Å². The number of para-hydroxylation sites is 1. The summed E-state index contributed by atoms with van der Waals surface area (Å²) in [5.41, 5.74) is 15.8. The van der Waals surface area contributed by atoms with Gasteiger partial charge in [-0.05, 0) is 94.1 Å². The molecule has 0 aliphatic heterocycles. The molecule has 58 heavy (non-hydrogen) atoms. The molecule has 0 radical (unpaired) electrons. The van der Waals surface area contributed by atoms with Gasteiger partial charge in [-0.3, -0.25) is 0 Å². The molecule has 0 aliphatic carbocycles. The van der Waals surface area contributed by atoms with E-state index in [0.29, 0.717) is 17.5 Å². The van der Waals surface area contributed by atoms with Crippen LogP contribution in [-0.2, 0) is 12.8 Å². The third-order valence-electron chi connectivity index (χ3n) is 11.0. The van der Waals surface area contributed by atoms with Crippen LogP contribution >= 0.6 is 0 Å². The molecule has 4 heteroatoms. The minimum absolute atomic E-state index is 0.653. The van der Waals surface area contributed by atoms with Crippen molar-refractivity contribution in [3.63, 3.8) is 0 Å². The third-order valence-corrected chi connectivity index (χ3v) is 11.0. The Morgan fingerprint density at radius 1 is 0.362 bits per heavy atom. The zero-order valence-electron chi connectivity index (χ0n) is 32.1. The molecule has 0 spiro atoms. The Balaban J connectivity index is 0.923. The molecule has 2 heterocycles. The molecule has 0 saturated heterocycles. The first kappa shape index (κ1) is 35.0. The van der Waals surface area contributed by atoms with E-state index in [9.17, 15) is 0 Å². The number of aryl methyl sites for hydroxylation is 3. The van der Waals surface area contributed by atoms with E-state index in [1.165, 1.54) is 44.5 Å². The van der Waals surface area contributed by atoms with E-state index in [2.05, 4.69) is 153 Å². The molecule has 0 bridgehead atoms. The van der Waals surface area contributed by atoms with Gasteiger partial charge in [0.2, 0.25) is 0 Å². The molecule has 10 rings (SSSR count). The number of fused-ring (bicyclic) bond motifs is 3. The average molecular weight is 746 g/mol. The highest BCUT2D eigenvalue weighted by molar-refractivity contribution is 6.06. The van der Waals surface area contributed by atoms with Crippen molar-refractivity contribution in [1.29, 1.82) is 0 Å². The molecule has 276 valence electrons. The molecule has 8 aromatic carbocycles. The average Bonchev–Trinajstić information content (AvgIpc) is 3.67. The van der Waals surface area contributed by atoms with Crippen LogP contribution in [0.1, 0.15) is 16.7 Å². The van der Waals surface area contributed by atoms with Crippen LogP contribution < -0.4 is 0 Å². The van der Waals surface area contributed by atoms with E-state index >= 15 is 0 Å². The van der Waals surface area contributed by atoms with Crippen LogP contribution in [0.15, 0.2) is 199 Å². The summed E-state index contributed by atoms with van der Waals surface area (Å²) in [5.74, 6) is 1.97. The number of nitrogens with zero attached hydrogens (tertiary/aromatic N) is 3. The molecule has 0 amide bonds. The molecule has 4 nitrogen and oxygen atoms in total. The van der Waals surface area contributed by atoms with E-state index in [1.807, 2.05) is 48.5 Å². The molecule has 10 aromatic rings. The minimum atomic E-state index is 0.653. The predicted octanol–water partition coefficient (Wildman–Crippen LogP) is 13.9. The highest BCUT2D eigenvalue weighted by atomic mass is 16.3. The number of aromatic nitrogens is 3. The van der Waals surface area contributed by atoms with E-state index in [4.69, 9.17) is 19.4 Å². The van der Waals surface area contributed by atoms with Crippen molar-refractivity contribution in [3.8, 4) is 67.5 Å². The fraction of sp³-hybridized carbons (Fsp3) is 0.0556. The van der Waals surface area contributed by atoms with Crippen molar-refractivity contribution in [2.45, 2.75) is 19.8 Å². The van der Waals surface area contributed by atoms with Crippen molar-refractivity contribution in [2.75, 3.05) is 0 Å². The monoisotopic (exact) mass is 745 g/mol. The highest BCUT2D eigenvalue weighted by Gasteiger charge is 2.15. The maximum Gasteiger partial charge on any atom is 0.164 e. The predicted molar refractivity (Wildman–Crippen MR) is 238 cm³/mol. The van der Waals surface area contributed by atoms with Crippen molar-refractivity contribution in [2.24, 2.45) is 0 Å². The van der Waals surface area contributed by atoms with Crippen LogP contribution in [0.25, 0.3) is 89.5 Å². The molecule has 0 saturated carbocycles. The maximum absolute atomic E-state index is 6.09. The van der Waals surface area contributed by atoms with Gasteiger partial charge in [0.25, 0.3) is 0 Å². The maximum atomic E-state index is 6.09. The Bertz CT molecular complexity index is 3060. The fourth-order valence-electron chi connectivity index (χ4n) is 7.99. The van der Waals surface area contributed by atoms with Gasteiger partial charge in [-0.1, -0.05) is 170 Å². The molecular formula is C54H39N3O. The SMILES string of the molecule is Cc1cc(-c2ccc3oc4ccccc4c3c2)ccc1-c1ccccc1CCc1cccc(-c2nc(-c3ccccc3)nc(-c3ccc(-c4ccccc4)cc3)n2)c1. The Labute approximate surface area is 338 Å². The summed E-state index contributed by atoms with van der Waals surface area (Å²) in [6.07, 6.45) is 1.78. The van der Waals surface area contributed by atoms with Crippen molar-refractivity contribution in [3.05, 3.63) is 211 Å². The van der Waals surface area contributed by atoms with Gasteiger partial charge in [0.15, 0.2) is 17.5 Å². The zero-order chi connectivity index (χ0) is 38.8. The Hall–Kier alpha value is -7.43. The first-order valence-electron chi connectivity index (χ1n) is 19.8. The van der Waals surface area contributed by atoms with E-state index < -0.39 is 0 Å². The lowest BCUT2D eigenvalue weighted by molar-refractivity contribution is 0.669. The normalized spacial score (nSPS) is 11.3. The van der Waals surface area contributed by atoms with Crippen molar-refractivity contribution < 1.29 is 4.42 Å². The molecule has 0 aliphatic rings. The Morgan fingerprint density at radius 3 is 1.69 bits per heavy atom. The quantitative estimate of drug-likeness (QED) is 0.148. The van der Waals surface area contributed by atoms with Crippen LogP contribution in [0.5, 0.6) is 0 Å². The second kappa shape index (κ2) is 15.2. The van der Waals surface area contributed by atoms with Crippen molar-refractivity contribution >= 4 is 21.9 Å². The number of rotatable bonds is 9. The summed E-state index contributed by atoms with van der Waals surface area (Å²) in [4.78, 5) is 15.0. The summed E-state index contributed by atoms with van der Waals surface area (Å²) in [6, 6.07) is 68.0. The summed E-state index contributed by atoms with van der Waals surface area (Å²) in [7, 11) is 0. The minimum Gasteiger partial charge on any atom is -0.456 e. The lowest BCUT2D eigenvalue weighted by Crippen LogP contribution is -2.01. The van der Waals surface area contributed by atoms with E-state index in [-0.39, 0.29) is 0 Å². The van der Waals surface area contributed by atoms with Crippen molar-refractivity contribution in [1.82, 2.24) is 15.0 Å². The number of hydrogen-bond donors (Lipinski definition) is 0. The van der Waals surface area contributed by atoms with Gasteiger partial charge in [0.1, 0.15) is 11.2 Å². The first-order chi connectivity index (χ1) is 28.6. The second-order valence-corrected chi connectivity index (χ2v) is 14.8. The standard InChI is InChI=1S/C54H39N3O/c1-36-33-43(44-30-32-51-49(35-44)48-21-10-11-22-50(48)58-51)29-31-46(36)47-20-9-8-16-40(47)24-23-37-13-12-19-45(34-37)54-56-52(41-17-6-3-7-18-41)55-53(57-54)42-27-25-39(26-28-42)38-14-4-2-5-15-38/h2-22,25-35H,23-24H2,1H3. The van der Waals surface area contributed by atoms with Gasteiger partial charge in [-0.15, -0.1) is 0 Å². The third kappa shape index (κ3) is 6.97. The smallest absolute Gasteiger partial charge is 0.164 e. The number of furan rings is 1. The van der Waals surface area contributed by atoms with Crippen LogP contribution in [0.2, 0.25) is 0 Å². The summed E-state index contributed by atoms with van der Waals surface area (Å²) in [6.45, 7) is 2.22. The largest absolute Gasteiger partial charge is 0.456 e. The number of hydrogen-bond acceptors (Lipinski definition) is 4. The lowest BCUT2D eigenvalue weighted by Gasteiger charge is -2.14. The molecule has 0 N–H and O–H groups in total. The van der Waals surface area contributed by atoms with Gasteiger partial charge in [-0.25, -0.2) is 15.0 Å². The first-order valence-corrected chi connectivity index (χ1v) is 19.8. The molecular weight excluding hydrogens is 707 g/mol. The zero-order valence-corrected chi connectivity index (χ0v) is 32.1.